The zero-order chi connectivity index (χ0) is 15.4. The molecule has 0 aliphatic rings. The zero-order valence-electron chi connectivity index (χ0n) is 12.7. The van der Waals surface area contributed by atoms with Gasteiger partial charge >= 0.3 is 0 Å². The maximum absolute atomic E-state index is 4.37. The van der Waals surface area contributed by atoms with Crippen molar-refractivity contribution in [1.82, 2.24) is 15.2 Å². The van der Waals surface area contributed by atoms with E-state index in [9.17, 15) is 0 Å². The van der Waals surface area contributed by atoms with Gasteiger partial charge in [-0.1, -0.05) is 35.5 Å². The molecule has 3 rings (SSSR count). The van der Waals surface area contributed by atoms with Crippen molar-refractivity contribution in [1.29, 1.82) is 0 Å². The molecule has 0 aliphatic carbocycles. The van der Waals surface area contributed by atoms with E-state index in [4.69, 9.17) is 0 Å². The van der Waals surface area contributed by atoms with E-state index >= 15 is 0 Å². The fourth-order valence-corrected chi connectivity index (χ4v) is 2.91. The molecular weight excluding hydrogens is 290 g/mol. The number of aryl methyl sites for hydroxylation is 2. The highest BCUT2D eigenvalue weighted by atomic mass is 32.2. The van der Waals surface area contributed by atoms with Crippen LogP contribution in [-0.2, 0) is 5.75 Å². The molecule has 0 spiro atoms. The van der Waals surface area contributed by atoms with Crippen LogP contribution in [0.3, 0.4) is 0 Å². The molecule has 2 aromatic heterocycles. The largest absolute Gasteiger partial charge is 0.260 e. The molecule has 3 aromatic rings. The predicted octanol–water partition coefficient (Wildman–Crippen LogP) is 4.45. The van der Waals surface area contributed by atoms with E-state index in [0.717, 1.165) is 27.7 Å². The van der Waals surface area contributed by atoms with Crippen LogP contribution in [0.1, 0.15) is 16.8 Å². The summed E-state index contributed by atoms with van der Waals surface area (Å²) in [7, 11) is 0. The standard InChI is InChI=1S/C18H17N3S/c1-13-6-7-14(2)16(11-13)17-8-9-18(21-20-17)22-12-15-5-3-4-10-19-15/h3-11H,12H2,1-2H3. The Bertz CT molecular complexity index is 755. The van der Waals surface area contributed by atoms with Crippen LogP contribution in [0.25, 0.3) is 11.3 Å². The summed E-state index contributed by atoms with van der Waals surface area (Å²) in [6.45, 7) is 4.19. The second kappa shape index (κ2) is 6.71. The van der Waals surface area contributed by atoms with Crippen molar-refractivity contribution in [3.63, 3.8) is 0 Å². The van der Waals surface area contributed by atoms with Gasteiger partial charge in [-0.3, -0.25) is 4.98 Å². The Labute approximate surface area is 134 Å². The number of nitrogens with zero attached hydrogens (tertiary/aromatic N) is 3. The molecular formula is C18H17N3S. The summed E-state index contributed by atoms with van der Waals surface area (Å²) in [6.07, 6.45) is 1.81. The smallest absolute Gasteiger partial charge is 0.119 e. The van der Waals surface area contributed by atoms with Crippen molar-refractivity contribution in [3.8, 4) is 11.3 Å². The van der Waals surface area contributed by atoms with Gasteiger partial charge in [-0.15, -0.1) is 10.2 Å². The number of rotatable bonds is 4. The summed E-state index contributed by atoms with van der Waals surface area (Å²) in [4.78, 5) is 4.31. The third kappa shape index (κ3) is 3.52. The minimum atomic E-state index is 0.804. The first-order valence-corrected chi connectivity index (χ1v) is 8.15. The molecule has 0 saturated heterocycles. The van der Waals surface area contributed by atoms with Crippen molar-refractivity contribution < 1.29 is 0 Å². The second-order valence-corrected chi connectivity index (χ2v) is 6.18. The fourth-order valence-electron chi connectivity index (χ4n) is 2.18. The van der Waals surface area contributed by atoms with Gasteiger partial charge in [0.25, 0.3) is 0 Å². The first-order chi connectivity index (χ1) is 10.7. The SMILES string of the molecule is Cc1ccc(C)c(-c2ccc(SCc3ccccn3)nn2)c1. The maximum atomic E-state index is 4.37. The lowest BCUT2D eigenvalue weighted by molar-refractivity contribution is 0.933. The Hall–Kier alpha value is -2.20. The number of pyridine rings is 1. The second-order valence-electron chi connectivity index (χ2n) is 5.18. The minimum absolute atomic E-state index is 0.804. The Morgan fingerprint density at radius 2 is 1.86 bits per heavy atom. The molecule has 1 aromatic carbocycles. The van der Waals surface area contributed by atoms with E-state index in [0.29, 0.717) is 0 Å². The number of thioether (sulfide) groups is 1. The van der Waals surface area contributed by atoms with E-state index in [-0.39, 0.29) is 0 Å². The molecule has 2 heterocycles. The molecule has 0 atom stereocenters. The number of benzene rings is 1. The molecule has 0 aliphatic heterocycles. The van der Waals surface area contributed by atoms with E-state index in [1.54, 1.807) is 11.8 Å². The van der Waals surface area contributed by atoms with Crippen LogP contribution < -0.4 is 0 Å². The average molecular weight is 307 g/mol. The topological polar surface area (TPSA) is 38.7 Å². The van der Waals surface area contributed by atoms with Gasteiger partial charge in [0.2, 0.25) is 0 Å². The van der Waals surface area contributed by atoms with Gasteiger partial charge in [0.15, 0.2) is 0 Å². The molecule has 0 radical (unpaired) electrons. The van der Waals surface area contributed by atoms with E-state index in [1.165, 1.54) is 11.1 Å². The molecule has 4 heteroatoms. The molecule has 22 heavy (non-hydrogen) atoms. The van der Waals surface area contributed by atoms with Crippen molar-refractivity contribution in [2.75, 3.05) is 0 Å². The van der Waals surface area contributed by atoms with Crippen molar-refractivity contribution in [3.05, 3.63) is 71.5 Å². The summed E-state index contributed by atoms with van der Waals surface area (Å²) in [5.41, 5.74) is 5.56. The van der Waals surface area contributed by atoms with Gasteiger partial charge in [-0.2, -0.15) is 0 Å². The molecule has 0 bridgehead atoms. The Kier molecular flexibility index (Phi) is 4.49. The molecule has 0 saturated carbocycles. The maximum Gasteiger partial charge on any atom is 0.119 e. The van der Waals surface area contributed by atoms with Crippen LogP contribution >= 0.6 is 11.8 Å². The minimum Gasteiger partial charge on any atom is -0.260 e. The van der Waals surface area contributed by atoms with Gasteiger partial charge in [-0.05, 0) is 49.7 Å². The molecule has 0 amide bonds. The first kappa shape index (κ1) is 14.7. The van der Waals surface area contributed by atoms with Crippen molar-refractivity contribution in [2.45, 2.75) is 24.6 Å². The summed E-state index contributed by atoms with van der Waals surface area (Å²) >= 11 is 1.65. The number of hydrogen-bond donors (Lipinski definition) is 0. The van der Waals surface area contributed by atoms with Crippen molar-refractivity contribution in [2.24, 2.45) is 0 Å². The van der Waals surface area contributed by atoms with Crippen LogP contribution in [0.2, 0.25) is 0 Å². The summed E-state index contributed by atoms with van der Waals surface area (Å²) in [5, 5.41) is 9.61. The molecule has 0 unspecified atom stereocenters. The zero-order valence-corrected chi connectivity index (χ0v) is 13.5. The van der Waals surface area contributed by atoms with E-state index < -0.39 is 0 Å². The normalized spacial score (nSPS) is 10.6. The van der Waals surface area contributed by atoms with Gasteiger partial charge in [0, 0.05) is 17.5 Å². The van der Waals surface area contributed by atoms with E-state index in [1.807, 2.05) is 36.5 Å². The highest BCUT2D eigenvalue weighted by Gasteiger charge is 2.05. The Morgan fingerprint density at radius 3 is 2.59 bits per heavy atom. The summed E-state index contributed by atoms with van der Waals surface area (Å²) in [5.74, 6) is 0.804. The monoisotopic (exact) mass is 307 g/mol. The lowest BCUT2D eigenvalue weighted by atomic mass is 10.0. The lowest BCUT2D eigenvalue weighted by Gasteiger charge is -2.06. The predicted molar refractivity (Wildman–Crippen MR) is 90.7 cm³/mol. The van der Waals surface area contributed by atoms with Crippen molar-refractivity contribution >= 4 is 11.8 Å². The number of hydrogen-bond acceptors (Lipinski definition) is 4. The average Bonchev–Trinajstić information content (AvgIpc) is 2.57. The quantitative estimate of drug-likeness (QED) is 0.668. The van der Waals surface area contributed by atoms with Crippen LogP contribution in [0.5, 0.6) is 0 Å². The third-order valence-corrected chi connectivity index (χ3v) is 4.36. The lowest BCUT2D eigenvalue weighted by Crippen LogP contribution is -1.93. The number of aromatic nitrogens is 3. The van der Waals surface area contributed by atoms with Gasteiger partial charge < -0.3 is 0 Å². The van der Waals surface area contributed by atoms with E-state index in [2.05, 4.69) is 47.2 Å². The van der Waals surface area contributed by atoms with Gasteiger partial charge in [0.1, 0.15) is 5.03 Å². The fraction of sp³-hybridized carbons (Fsp3) is 0.167. The third-order valence-electron chi connectivity index (χ3n) is 3.40. The highest BCUT2D eigenvalue weighted by Crippen LogP contribution is 2.25. The molecule has 0 fully saturated rings. The van der Waals surface area contributed by atoms with Crippen LogP contribution in [-0.4, -0.2) is 15.2 Å². The van der Waals surface area contributed by atoms with Gasteiger partial charge in [-0.25, -0.2) is 0 Å². The van der Waals surface area contributed by atoms with Crippen LogP contribution in [0, 0.1) is 13.8 Å². The molecule has 3 nitrogen and oxygen atoms in total. The van der Waals surface area contributed by atoms with Crippen LogP contribution in [0.4, 0.5) is 0 Å². The Morgan fingerprint density at radius 1 is 0.955 bits per heavy atom. The summed E-state index contributed by atoms with van der Waals surface area (Å²) < 4.78 is 0. The summed E-state index contributed by atoms with van der Waals surface area (Å²) in [6, 6.07) is 16.4. The van der Waals surface area contributed by atoms with Gasteiger partial charge in [0.05, 0.1) is 11.4 Å². The molecule has 0 N–H and O–H groups in total. The Balaban J connectivity index is 1.74. The molecule has 110 valence electrons. The highest BCUT2D eigenvalue weighted by molar-refractivity contribution is 7.98. The first-order valence-electron chi connectivity index (χ1n) is 7.16. The van der Waals surface area contributed by atoms with Crippen LogP contribution in [0.15, 0.2) is 59.8 Å².